The van der Waals surface area contributed by atoms with E-state index >= 15 is 0 Å². The summed E-state index contributed by atoms with van der Waals surface area (Å²) < 4.78 is 22.1. The van der Waals surface area contributed by atoms with Gasteiger partial charge in [0.05, 0.1) is 39.5 Å². The highest BCUT2D eigenvalue weighted by molar-refractivity contribution is 5.75. The van der Waals surface area contributed by atoms with Crippen molar-refractivity contribution < 1.29 is 23.7 Å². The first kappa shape index (κ1) is 19.3. The Balaban J connectivity index is 1.53. The summed E-state index contributed by atoms with van der Waals surface area (Å²) in [6.07, 6.45) is 2.48. The number of rotatable bonds is 5. The van der Waals surface area contributed by atoms with Crippen molar-refractivity contribution in [1.82, 2.24) is 4.90 Å². The van der Waals surface area contributed by atoms with E-state index in [-0.39, 0.29) is 24.8 Å². The van der Waals surface area contributed by atoms with Crippen molar-refractivity contribution >= 4 is 11.7 Å². The molecule has 1 saturated heterocycles. The Bertz CT molecular complexity index is 873. The summed E-state index contributed by atoms with van der Waals surface area (Å²) >= 11 is 0. The summed E-state index contributed by atoms with van der Waals surface area (Å²) in [5, 5.41) is 0. The van der Waals surface area contributed by atoms with Crippen molar-refractivity contribution in [3.8, 4) is 11.5 Å². The highest BCUT2D eigenvalue weighted by Gasteiger charge is 2.39. The lowest BCUT2D eigenvalue weighted by atomic mass is 9.90. The van der Waals surface area contributed by atoms with E-state index in [0.717, 1.165) is 28.2 Å². The topological polar surface area (TPSA) is 57.2 Å². The predicted molar refractivity (Wildman–Crippen MR) is 109 cm³/mol. The molecular formula is C23H25NO5. The Morgan fingerprint density at radius 1 is 1.07 bits per heavy atom. The third-order valence-electron chi connectivity index (χ3n) is 5.34. The first-order valence-corrected chi connectivity index (χ1v) is 9.69. The summed E-state index contributed by atoms with van der Waals surface area (Å²) in [6, 6.07) is 15.3. The second-order valence-corrected chi connectivity index (χ2v) is 7.20. The number of fused-ring (bicyclic) bond motifs is 2. The summed E-state index contributed by atoms with van der Waals surface area (Å²) in [5.41, 5.74) is 3.17. The molecule has 2 heterocycles. The van der Waals surface area contributed by atoms with Gasteiger partial charge in [-0.3, -0.25) is 4.90 Å². The van der Waals surface area contributed by atoms with Gasteiger partial charge in [0.1, 0.15) is 18.1 Å². The number of morpholine rings is 1. The maximum Gasteiger partial charge on any atom is 0.411 e. The van der Waals surface area contributed by atoms with Crippen LogP contribution < -0.4 is 9.47 Å². The van der Waals surface area contributed by atoms with Crippen molar-refractivity contribution in [2.45, 2.75) is 25.1 Å². The van der Waals surface area contributed by atoms with Crippen LogP contribution >= 0.6 is 0 Å². The maximum atomic E-state index is 12.8. The Labute approximate surface area is 170 Å². The van der Waals surface area contributed by atoms with Gasteiger partial charge >= 0.3 is 6.09 Å². The molecule has 152 valence electrons. The minimum Gasteiger partial charge on any atom is -0.497 e. The van der Waals surface area contributed by atoms with E-state index in [1.807, 2.05) is 53.4 Å². The normalized spacial score (nSPS) is 20.6. The van der Waals surface area contributed by atoms with E-state index in [1.54, 1.807) is 14.2 Å². The van der Waals surface area contributed by atoms with E-state index in [1.165, 1.54) is 0 Å². The Hall–Kier alpha value is -2.99. The van der Waals surface area contributed by atoms with Crippen LogP contribution in [0.3, 0.4) is 0 Å². The number of methoxy groups -OCH3 is 2. The number of benzene rings is 2. The highest BCUT2D eigenvalue weighted by Crippen LogP contribution is 2.36. The minimum absolute atomic E-state index is 0.0609. The summed E-state index contributed by atoms with van der Waals surface area (Å²) in [7, 11) is 3.28. The molecule has 2 bridgehead atoms. The largest absolute Gasteiger partial charge is 0.497 e. The predicted octanol–water partition coefficient (Wildman–Crippen LogP) is 3.90. The molecule has 0 radical (unpaired) electrons. The standard InChI is InChI=1S/C23H25NO5/c1-26-21-10-18(11-22(12-21)27-2)17-8-19-14-28-15-20(9-17)24(19)23(25)29-13-16-6-4-3-5-7-16/h3-8,10-12,19-20H,9,13-15H2,1-2H3. The van der Waals surface area contributed by atoms with Gasteiger partial charge in [-0.05, 0) is 35.3 Å². The van der Waals surface area contributed by atoms with Crippen LogP contribution in [0.25, 0.3) is 5.57 Å². The molecule has 2 aromatic rings. The summed E-state index contributed by atoms with van der Waals surface area (Å²) in [6.45, 7) is 1.22. The monoisotopic (exact) mass is 395 g/mol. The quantitative estimate of drug-likeness (QED) is 0.769. The van der Waals surface area contributed by atoms with Crippen LogP contribution in [0.2, 0.25) is 0 Å². The van der Waals surface area contributed by atoms with Crippen LogP contribution in [-0.4, -0.2) is 50.5 Å². The van der Waals surface area contributed by atoms with Crippen LogP contribution in [-0.2, 0) is 16.1 Å². The summed E-state index contributed by atoms with van der Waals surface area (Å²) in [5.74, 6) is 1.48. The van der Waals surface area contributed by atoms with Crippen LogP contribution in [0.5, 0.6) is 11.5 Å². The average molecular weight is 395 g/mol. The fraction of sp³-hybridized carbons (Fsp3) is 0.348. The zero-order valence-corrected chi connectivity index (χ0v) is 16.7. The zero-order valence-electron chi connectivity index (χ0n) is 16.7. The molecule has 0 N–H and O–H groups in total. The van der Waals surface area contributed by atoms with Crippen molar-refractivity contribution in [2.24, 2.45) is 0 Å². The maximum absolute atomic E-state index is 12.8. The van der Waals surface area contributed by atoms with Gasteiger partial charge in [0, 0.05) is 6.07 Å². The van der Waals surface area contributed by atoms with Crippen LogP contribution in [0.15, 0.2) is 54.6 Å². The van der Waals surface area contributed by atoms with E-state index in [2.05, 4.69) is 6.08 Å². The van der Waals surface area contributed by atoms with Crippen molar-refractivity contribution in [3.63, 3.8) is 0 Å². The zero-order chi connectivity index (χ0) is 20.2. The molecule has 2 aromatic carbocycles. The van der Waals surface area contributed by atoms with Gasteiger partial charge < -0.3 is 18.9 Å². The number of carbonyl (C=O) groups is 1. The Morgan fingerprint density at radius 2 is 1.79 bits per heavy atom. The number of nitrogens with zero attached hydrogens (tertiary/aromatic N) is 1. The van der Waals surface area contributed by atoms with Crippen molar-refractivity contribution in [3.05, 3.63) is 65.7 Å². The molecule has 0 saturated carbocycles. The lowest BCUT2D eigenvalue weighted by Gasteiger charge is -2.43. The lowest BCUT2D eigenvalue weighted by Crippen LogP contribution is -2.56. The van der Waals surface area contributed by atoms with Crippen LogP contribution in [0.4, 0.5) is 4.79 Å². The van der Waals surface area contributed by atoms with Crippen LogP contribution in [0, 0.1) is 0 Å². The molecule has 2 unspecified atom stereocenters. The number of carbonyl (C=O) groups excluding carboxylic acids is 1. The van der Waals surface area contributed by atoms with Gasteiger partial charge in [-0.2, -0.15) is 0 Å². The number of ether oxygens (including phenoxy) is 4. The van der Waals surface area contributed by atoms with Gasteiger partial charge in [-0.25, -0.2) is 4.79 Å². The molecule has 1 amide bonds. The molecule has 6 nitrogen and oxygen atoms in total. The van der Waals surface area contributed by atoms with Gasteiger partial charge in [0.2, 0.25) is 0 Å². The first-order valence-electron chi connectivity index (χ1n) is 9.69. The molecule has 0 aromatic heterocycles. The second-order valence-electron chi connectivity index (χ2n) is 7.20. The lowest BCUT2D eigenvalue weighted by molar-refractivity contribution is -0.0342. The molecule has 2 atom stereocenters. The van der Waals surface area contributed by atoms with E-state index < -0.39 is 0 Å². The molecule has 2 aliphatic heterocycles. The van der Waals surface area contributed by atoms with Gasteiger partial charge in [0.25, 0.3) is 0 Å². The molecule has 4 rings (SSSR count). The van der Waals surface area contributed by atoms with Crippen molar-refractivity contribution in [2.75, 3.05) is 27.4 Å². The number of hydrogen-bond acceptors (Lipinski definition) is 5. The van der Waals surface area contributed by atoms with Crippen molar-refractivity contribution in [1.29, 1.82) is 0 Å². The molecule has 29 heavy (non-hydrogen) atoms. The Kier molecular flexibility index (Phi) is 5.71. The summed E-state index contributed by atoms with van der Waals surface area (Å²) in [4.78, 5) is 14.6. The number of amides is 1. The minimum atomic E-state index is -0.300. The molecular weight excluding hydrogens is 370 g/mol. The molecule has 6 heteroatoms. The molecule has 1 fully saturated rings. The molecule has 0 spiro atoms. The average Bonchev–Trinajstić information content (AvgIpc) is 2.76. The SMILES string of the molecule is COc1cc(OC)cc(C2=CC3COCC(C2)N3C(=O)OCc2ccccc2)c1. The molecule has 2 aliphatic rings. The first-order chi connectivity index (χ1) is 14.2. The number of hydrogen-bond donors (Lipinski definition) is 0. The third kappa shape index (κ3) is 4.22. The fourth-order valence-electron chi connectivity index (χ4n) is 3.88. The third-order valence-corrected chi connectivity index (χ3v) is 5.34. The van der Waals surface area contributed by atoms with Gasteiger partial charge in [-0.15, -0.1) is 0 Å². The smallest absolute Gasteiger partial charge is 0.411 e. The van der Waals surface area contributed by atoms with E-state index in [4.69, 9.17) is 18.9 Å². The van der Waals surface area contributed by atoms with Gasteiger partial charge in [0.15, 0.2) is 0 Å². The van der Waals surface area contributed by atoms with Gasteiger partial charge in [-0.1, -0.05) is 36.4 Å². The highest BCUT2D eigenvalue weighted by atomic mass is 16.6. The molecule has 0 aliphatic carbocycles. The van der Waals surface area contributed by atoms with Crippen LogP contribution in [0.1, 0.15) is 17.5 Å². The van der Waals surface area contributed by atoms with E-state index in [9.17, 15) is 4.79 Å². The van der Waals surface area contributed by atoms with E-state index in [0.29, 0.717) is 19.6 Å². The fourth-order valence-corrected chi connectivity index (χ4v) is 3.88. The second kappa shape index (κ2) is 8.57. The Morgan fingerprint density at radius 3 is 2.45 bits per heavy atom.